The van der Waals surface area contributed by atoms with Gasteiger partial charge in [-0.3, -0.25) is 10.0 Å². The van der Waals surface area contributed by atoms with Gasteiger partial charge in [0.25, 0.3) is 0 Å². The Balaban J connectivity index is 4.26. The van der Waals surface area contributed by atoms with E-state index in [1.807, 2.05) is 0 Å². The summed E-state index contributed by atoms with van der Waals surface area (Å²) in [4.78, 5) is 32.8. The summed E-state index contributed by atoms with van der Waals surface area (Å²) in [5, 5.41) is 10.4. The minimum absolute atomic E-state index is 0.0206. The highest BCUT2D eigenvalue weighted by Gasteiger charge is 2.22. The van der Waals surface area contributed by atoms with E-state index in [0.717, 1.165) is 7.11 Å². The van der Waals surface area contributed by atoms with E-state index in [1.54, 1.807) is 0 Å². The molecule has 8 nitrogen and oxygen atoms in total. The molecule has 0 fully saturated rings. The van der Waals surface area contributed by atoms with Crippen LogP contribution in [0.25, 0.3) is 0 Å². The smallest absolute Gasteiger partial charge is 0.339 e. The van der Waals surface area contributed by atoms with Gasteiger partial charge in [0.15, 0.2) is 0 Å². The summed E-state index contributed by atoms with van der Waals surface area (Å²) in [6, 6.07) is -1.98. The predicted molar refractivity (Wildman–Crippen MR) is 50.5 cm³/mol. The Morgan fingerprint density at radius 3 is 2.31 bits per heavy atom. The van der Waals surface area contributed by atoms with Crippen LogP contribution in [0, 0.1) is 0 Å². The van der Waals surface area contributed by atoms with Gasteiger partial charge in [-0.1, -0.05) is 0 Å². The lowest BCUT2D eigenvalue weighted by atomic mass is 10.1. The molecule has 0 saturated heterocycles. The maximum absolute atomic E-state index is 11.2. The van der Waals surface area contributed by atoms with Crippen molar-refractivity contribution in [1.82, 2.24) is 10.8 Å². The minimum Gasteiger partial charge on any atom is -0.469 e. The van der Waals surface area contributed by atoms with Crippen LogP contribution in [0.15, 0.2) is 0 Å². The van der Waals surface area contributed by atoms with Gasteiger partial charge in [0, 0.05) is 6.42 Å². The molecule has 8 heteroatoms. The van der Waals surface area contributed by atoms with Crippen LogP contribution in [-0.2, 0) is 19.1 Å². The van der Waals surface area contributed by atoms with Crippen molar-refractivity contribution in [2.24, 2.45) is 0 Å². The average molecular weight is 234 g/mol. The number of ether oxygens (including phenoxy) is 2. The third-order valence-electron chi connectivity index (χ3n) is 1.76. The van der Waals surface area contributed by atoms with Gasteiger partial charge in [0.1, 0.15) is 6.04 Å². The summed E-state index contributed by atoms with van der Waals surface area (Å²) in [7, 11) is 2.36. The van der Waals surface area contributed by atoms with Gasteiger partial charge in [-0.2, -0.15) is 0 Å². The summed E-state index contributed by atoms with van der Waals surface area (Å²) in [5.74, 6) is -1.23. The van der Waals surface area contributed by atoms with E-state index in [0.29, 0.717) is 0 Å². The number of hydrogen-bond acceptors (Lipinski definition) is 6. The summed E-state index contributed by atoms with van der Waals surface area (Å²) in [5.41, 5.74) is 1.30. The van der Waals surface area contributed by atoms with Crippen LogP contribution in [0.4, 0.5) is 4.79 Å². The second-order valence-corrected chi connectivity index (χ2v) is 2.78. The molecule has 0 bridgehead atoms. The highest BCUT2D eigenvalue weighted by atomic mass is 16.5. The Morgan fingerprint density at radius 2 is 1.88 bits per heavy atom. The number of nitrogens with one attached hydrogen (secondary N) is 2. The van der Waals surface area contributed by atoms with Crippen molar-refractivity contribution in [2.45, 2.75) is 18.9 Å². The molecule has 16 heavy (non-hydrogen) atoms. The first-order chi connectivity index (χ1) is 7.54. The lowest BCUT2D eigenvalue weighted by Crippen LogP contribution is -2.45. The van der Waals surface area contributed by atoms with Crippen LogP contribution in [0.3, 0.4) is 0 Å². The number of rotatable bonds is 5. The van der Waals surface area contributed by atoms with Crippen molar-refractivity contribution in [3.63, 3.8) is 0 Å². The molecule has 0 aromatic carbocycles. The van der Waals surface area contributed by atoms with E-state index < -0.39 is 24.0 Å². The molecular weight excluding hydrogens is 220 g/mol. The molecule has 92 valence electrons. The first-order valence-corrected chi connectivity index (χ1v) is 4.40. The molecule has 2 amide bonds. The maximum Gasteiger partial charge on any atom is 0.339 e. The third-order valence-corrected chi connectivity index (χ3v) is 1.76. The van der Waals surface area contributed by atoms with Gasteiger partial charge in [-0.05, 0) is 6.42 Å². The fourth-order valence-corrected chi connectivity index (χ4v) is 0.946. The molecule has 0 heterocycles. The Bertz CT molecular complexity index is 267. The second-order valence-electron chi connectivity index (χ2n) is 2.78. The molecular formula is C8H14N2O6. The largest absolute Gasteiger partial charge is 0.469 e. The van der Waals surface area contributed by atoms with Crippen LogP contribution >= 0.6 is 0 Å². The molecule has 0 saturated carbocycles. The van der Waals surface area contributed by atoms with Gasteiger partial charge in [0.2, 0.25) is 0 Å². The molecule has 1 atom stereocenters. The summed E-state index contributed by atoms with van der Waals surface area (Å²) >= 11 is 0. The third kappa shape index (κ3) is 5.15. The quantitative estimate of drug-likeness (QED) is 0.325. The Morgan fingerprint density at radius 1 is 1.25 bits per heavy atom. The van der Waals surface area contributed by atoms with Crippen LogP contribution in [0.1, 0.15) is 12.8 Å². The predicted octanol–water partition coefficient (Wildman–Crippen LogP) is -0.830. The monoisotopic (exact) mass is 234 g/mol. The lowest BCUT2D eigenvalue weighted by Gasteiger charge is -2.14. The summed E-state index contributed by atoms with van der Waals surface area (Å²) < 4.78 is 8.79. The zero-order valence-electron chi connectivity index (χ0n) is 8.98. The Labute approximate surface area is 91.9 Å². The maximum atomic E-state index is 11.2. The number of amides is 2. The normalized spacial score (nSPS) is 11.2. The zero-order chi connectivity index (χ0) is 12.6. The number of carbonyl (C=O) groups excluding carboxylic acids is 3. The summed E-state index contributed by atoms with van der Waals surface area (Å²) in [6.45, 7) is 0. The van der Waals surface area contributed by atoms with E-state index >= 15 is 0 Å². The van der Waals surface area contributed by atoms with Crippen molar-refractivity contribution in [1.29, 1.82) is 0 Å². The molecule has 0 radical (unpaired) electrons. The standard InChI is InChI=1S/C8H14N2O6/c1-15-6(11)4-3-5(7(12)16-2)9-8(13)10-14/h5,14H,3-4H2,1-2H3,(H2,9,10,13)/t5-/m0/s1. The van der Waals surface area contributed by atoms with Gasteiger partial charge < -0.3 is 14.8 Å². The van der Waals surface area contributed by atoms with Crippen molar-refractivity contribution < 1.29 is 29.1 Å². The Hall–Kier alpha value is -1.83. The summed E-state index contributed by atoms with van der Waals surface area (Å²) in [6.07, 6.45) is -0.0330. The average Bonchev–Trinajstić information content (AvgIpc) is 2.32. The van der Waals surface area contributed by atoms with E-state index in [2.05, 4.69) is 14.8 Å². The molecule has 0 aromatic heterocycles. The molecule has 0 aliphatic heterocycles. The fraction of sp³-hybridized carbons (Fsp3) is 0.625. The number of hydrogen-bond donors (Lipinski definition) is 3. The van der Waals surface area contributed by atoms with E-state index in [1.165, 1.54) is 12.6 Å². The first-order valence-electron chi connectivity index (χ1n) is 4.40. The molecule has 0 unspecified atom stereocenters. The minimum atomic E-state index is -1.02. The van der Waals surface area contributed by atoms with E-state index in [-0.39, 0.29) is 12.8 Å². The number of esters is 2. The lowest BCUT2D eigenvalue weighted by molar-refractivity contribution is -0.144. The number of hydroxylamine groups is 1. The van der Waals surface area contributed by atoms with Crippen LogP contribution < -0.4 is 10.8 Å². The van der Waals surface area contributed by atoms with Crippen molar-refractivity contribution in [3.8, 4) is 0 Å². The molecule has 3 N–H and O–H groups in total. The molecule has 0 spiro atoms. The van der Waals surface area contributed by atoms with Crippen LogP contribution in [-0.4, -0.2) is 43.4 Å². The first kappa shape index (κ1) is 14.2. The zero-order valence-corrected chi connectivity index (χ0v) is 8.98. The number of carbonyl (C=O) groups is 3. The fourth-order valence-electron chi connectivity index (χ4n) is 0.946. The van der Waals surface area contributed by atoms with Crippen molar-refractivity contribution in [3.05, 3.63) is 0 Å². The van der Waals surface area contributed by atoms with Crippen molar-refractivity contribution >= 4 is 18.0 Å². The Kier molecular flexibility index (Phi) is 6.61. The van der Waals surface area contributed by atoms with Gasteiger partial charge in [-0.25, -0.2) is 15.1 Å². The van der Waals surface area contributed by atoms with Crippen molar-refractivity contribution in [2.75, 3.05) is 14.2 Å². The van der Waals surface area contributed by atoms with Gasteiger partial charge in [-0.15, -0.1) is 0 Å². The molecule has 0 aromatic rings. The van der Waals surface area contributed by atoms with E-state index in [4.69, 9.17) is 5.21 Å². The number of urea groups is 1. The topological polar surface area (TPSA) is 114 Å². The molecule has 0 aliphatic carbocycles. The number of methoxy groups -OCH3 is 2. The highest BCUT2D eigenvalue weighted by molar-refractivity contribution is 5.83. The van der Waals surface area contributed by atoms with Crippen LogP contribution in [0.2, 0.25) is 0 Å². The van der Waals surface area contributed by atoms with Gasteiger partial charge >= 0.3 is 18.0 Å². The van der Waals surface area contributed by atoms with Crippen LogP contribution in [0.5, 0.6) is 0 Å². The SMILES string of the molecule is COC(=O)CC[C@H](NC(=O)NO)C(=O)OC. The van der Waals surface area contributed by atoms with E-state index in [9.17, 15) is 14.4 Å². The second kappa shape index (κ2) is 7.46. The highest BCUT2D eigenvalue weighted by Crippen LogP contribution is 2.01. The van der Waals surface area contributed by atoms with Gasteiger partial charge in [0.05, 0.1) is 14.2 Å². The molecule has 0 aliphatic rings. The molecule has 0 rings (SSSR count).